The second-order valence-electron chi connectivity index (χ2n) is 5.03. The topological polar surface area (TPSA) is 37.4 Å². The molecular formula is C15H26FN3O. The van der Waals surface area contributed by atoms with Crippen LogP contribution in [0.15, 0.2) is 18.3 Å². The Balaban J connectivity index is 2.66. The van der Waals surface area contributed by atoms with Crippen LogP contribution in [-0.2, 0) is 4.74 Å². The number of pyridine rings is 1. The average molecular weight is 283 g/mol. The fourth-order valence-electron chi connectivity index (χ4n) is 2.41. The molecule has 0 bridgehead atoms. The van der Waals surface area contributed by atoms with Crippen LogP contribution in [0.2, 0.25) is 0 Å². The Bertz CT molecular complexity index is 372. The van der Waals surface area contributed by atoms with Gasteiger partial charge in [-0.15, -0.1) is 0 Å². The quantitative estimate of drug-likeness (QED) is 0.753. The van der Waals surface area contributed by atoms with E-state index in [2.05, 4.69) is 29.0 Å². The van der Waals surface area contributed by atoms with Crippen molar-refractivity contribution in [2.75, 3.05) is 40.4 Å². The summed E-state index contributed by atoms with van der Waals surface area (Å²) in [6.45, 7) is 7.92. The molecule has 4 nitrogen and oxygen atoms in total. The molecule has 5 heteroatoms. The molecule has 0 fully saturated rings. The van der Waals surface area contributed by atoms with Crippen molar-refractivity contribution in [3.05, 3.63) is 29.8 Å². The maximum Gasteiger partial charge on any atom is 0.141 e. The van der Waals surface area contributed by atoms with Gasteiger partial charge in [-0.3, -0.25) is 4.98 Å². The fraction of sp³-hybridized carbons (Fsp3) is 0.667. The van der Waals surface area contributed by atoms with Crippen LogP contribution >= 0.6 is 0 Å². The van der Waals surface area contributed by atoms with Gasteiger partial charge in [-0.2, -0.15) is 0 Å². The summed E-state index contributed by atoms with van der Waals surface area (Å²) < 4.78 is 18.1. The molecule has 1 heterocycles. The second-order valence-corrected chi connectivity index (χ2v) is 5.03. The van der Waals surface area contributed by atoms with Crippen molar-refractivity contribution in [1.29, 1.82) is 0 Å². The summed E-state index contributed by atoms with van der Waals surface area (Å²) in [5.41, 5.74) is 0.879. The normalized spacial score (nSPS) is 14.5. The first kappa shape index (κ1) is 17.0. The molecule has 114 valence electrons. The first-order valence-corrected chi connectivity index (χ1v) is 7.12. The number of ether oxygens (including phenoxy) is 1. The Morgan fingerprint density at radius 1 is 1.45 bits per heavy atom. The number of rotatable bonds is 9. The van der Waals surface area contributed by atoms with Crippen LogP contribution < -0.4 is 5.32 Å². The summed E-state index contributed by atoms with van der Waals surface area (Å²) in [6, 6.07) is 3.33. The van der Waals surface area contributed by atoms with Crippen molar-refractivity contribution in [2.24, 2.45) is 5.92 Å². The first-order valence-electron chi connectivity index (χ1n) is 7.12. The maximum atomic E-state index is 13.0. The van der Waals surface area contributed by atoms with E-state index >= 15 is 0 Å². The largest absolute Gasteiger partial charge is 0.383 e. The van der Waals surface area contributed by atoms with E-state index in [1.807, 2.05) is 7.05 Å². The summed E-state index contributed by atoms with van der Waals surface area (Å²) in [6.07, 6.45) is 1.27. The zero-order valence-electron chi connectivity index (χ0n) is 12.9. The third kappa shape index (κ3) is 5.15. The van der Waals surface area contributed by atoms with Crippen molar-refractivity contribution in [2.45, 2.75) is 19.9 Å². The number of nitrogens with one attached hydrogen (secondary N) is 1. The number of nitrogens with zero attached hydrogens (tertiary/aromatic N) is 2. The van der Waals surface area contributed by atoms with Gasteiger partial charge in [0.2, 0.25) is 0 Å². The Morgan fingerprint density at radius 2 is 2.20 bits per heavy atom. The van der Waals surface area contributed by atoms with Gasteiger partial charge in [-0.05, 0) is 31.6 Å². The van der Waals surface area contributed by atoms with Crippen LogP contribution in [0.3, 0.4) is 0 Å². The van der Waals surface area contributed by atoms with Crippen LogP contribution in [0, 0.1) is 11.7 Å². The smallest absolute Gasteiger partial charge is 0.141 e. The molecule has 1 N–H and O–H groups in total. The Labute approximate surface area is 121 Å². The molecule has 0 aromatic carbocycles. The number of methoxy groups -OCH3 is 1. The molecule has 2 atom stereocenters. The predicted molar refractivity (Wildman–Crippen MR) is 79.1 cm³/mol. The molecule has 0 aliphatic carbocycles. The molecule has 0 amide bonds. The van der Waals surface area contributed by atoms with Gasteiger partial charge in [-0.25, -0.2) is 4.39 Å². The highest BCUT2D eigenvalue weighted by Gasteiger charge is 2.20. The second kappa shape index (κ2) is 9.00. The Kier molecular flexibility index (Phi) is 7.65. The summed E-state index contributed by atoms with van der Waals surface area (Å²) in [7, 11) is 3.63. The average Bonchev–Trinajstić information content (AvgIpc) is 2.46. The summed E-state index contributed by atoms with van der Waals surface area (Å²) >= 11 is 0. The van der Waals surface area contributed by atoms with E-state index < -0.39 is 0 Å². The van der Waals surface area contributed by atoms with E-state index in [1.54, 1.807) is 13.2 Å². The highest BCUT2D eigenvalue weighted by molar-refractivity contribution is 5.10. The molecule has 1 aromatic rings. The molecule has 2 unspecified atom stereocenters. The van der Waals surface area contributed by atoms with Crippen LogP contribution in [0.25, 0.3) is 0 Å². The molecular weight excluding hydrogens is 257 g/mol. The van der Waals surface area contributed by atoms with E-state index in [0.29, 0.717) is 5.92 Å². The lowest BCUT2D eigenvalue weighted by Gasteiger charge is -2.29. The van der Waals surface area contributed by atoms with E-state index in [1.165, 1.54) is 12.3 Å². The highest BCUT2D eigenvalue weighted by atomic mass is 19.1. The lowest BCUT2D eigenvalue weighted by atomic mass is 9.97. The van der Waals surface area contributed by atoms with Gasteiger partial charge >= 0.3 is 0 Å². The number of halogens is 1. The van der Waals surface area contributed by atoms with Gasteiger partial charge < -0.3 is 15.0 Å². The van der Waals surface area contributed by atoms with Crippen molar-refractivity contribution >= 4 is 0 Å². The molecule has 0 spiro atoms. The number of aromatic nitrogens is 1. The predicted octanol–water partition coefficient (Wildman–Crippen LogP) is 2.09. The SMILES string of the molecule is CCN(CCOC)CC(C)C(NC)c1ccc(F)cn1. The monoisotopic (exact) mass is 283 g/mol. The third-order valence-electron chi connectivity index (χ3n) is 3.55. The van der Waals surface area contributed by atoms with E-state index in [9.17, 15) is 4.39 Å². The Hall–Kier alpha value is -1.04. The van der Waals surface area contributed by atoms with Gasteiger partial charge in [0.25, 0.3) is 0 Å². The van der Waals surface area contributed by atoms with Crippen LogP contribution in [0.1, 0.15) is 25.6 Å². The molecule has 1 aromatic heterocycles. The molecule has 0 radical (unpaired) electrons. The fourth-order valence-corrected chi connectivity index (χ4v) is 2.41. The zero-order chi connectivity index (χ0) is 15.0. The van der Waals surface area contributed by atoms with Crippen LogP contribution in [0.5, 0.6) is 0 Å². The standard InChI is InChI=1S/C15H26FN3O/c1-5-19(8-9-20-4)11-12(2)15(17-3)14-7-6-13(16)10-18-14/h6-7,10,12,15,17H,5,8-9,11H2,1-4H3. The highest BCUT2D eigenvalue weighted by Crippen LogP contribution is 2.20. The van der Waals surface area contributed by atoms with Crippen molar-refractivity contribution in [1.82, 2.24) is 15.2 Å². The third-order valence-corrected chi connectivity index (χ3v) is 3.55. The molecule has 0 aliphatic rings. The molecule has 0 aliphatic heterocycles. The summed E-state index contributed by atoms with van der Waals surface area (Å²) in [5, 5.41) is 3.28. The lowest BCUT2D eigenvalue weighted by molar-refractivity contribution is 0.136. The minimum Gasteiger partial charge on any atom is -0.383 e. The first-order chi connectivity index (χ1) is 9.62. The molecule has 20 heavy (non-hydrogen) atoms. The maximum absolute atomic E-state index is 13.0. The molecule has 0 saturated carbocycles. The number of hydrogen-bond donors (Lipinski definition) is 1. The van der Waals surface area contributed by atoms with Crippen LogP contribution in [-0.4, -0.2) is 50.3 Å². The zero-order valence-corrected chi connectivity index (χ0v) is 12.9. The van der Waals surface area contributed by atoms with Gasteiger partial charge in [0.1, 0.15) is 5.82 Å². The summed E-state index contributed by atoms with van der Waals surface area (Å²) in [5.74, 6) is 0.0707. The van der Waals surface area contributed by atoms with E-state index in [0.717, 1.165) is 31.9 Å². The number of likely N-dealkylation sites (N-methyl/N-ethyl adjacent to an activating group) is 1. The molecule has 0 saturated heterocycles. The Morgan fingerprint density at radius 3 is 2.70 bits per heavy atom. The van der Waals surface area contributed by atoms with Gasteiger partial charge in [0.05, 0.1) is 24.5 Å². The van der Waals surface area contributed by atoms with Crippen molar-refractivity contribution in [3.63, 3.8) is 0 Å². The van der Waals surface area contributed by atoms with Gasteiger partial charge in [0.15, 0.2) is 0 Å². The van der Waals surface area contributed by atoms with Gasteiger partial charge in [-0.1, -0.05) is 13.8 Å². The van der Waals surface area contributed by atoms with Crippen molar-refractivity contribution in [3.8, 4) is 0 Å². The molecule has 1 rings (SSSR count). The van der Waals surface area contributed by atoms with E-state index in [-0.39, 0.29) is 11.9 Å². The minimum atomic E-state index is -0.300. The number of hydrogen-bond acceptors (Lipinski definition) is 4. The lowest BCUT2D eigenvalue weighted by Crippen LogP contribution is -2.36. The van der Waals surface area contributed by atoms with E-state index in [4.69, 9.17) is 4.74 Å². The summed E-state index contributed by atoms with van der Waals surface area (Å²) in [4.78, 5) is 6.53. The van der Waals surface area contributed by atoms with Gasteiger partial charge in [0, 0.05) is 20.2 Å². The minimum absolute atomic E-state index is 0.118. The van der Waals surface area contributed by atoms with Crippen molar-refractivity contribution < 1.29 is 9.13 Å². The van der Waals surface area contributed by atoms with Crippen LogP contribution in [0.4, 0.5) is 4.39 Å².